The molecule has 0 heterocycles. The summed E-state index contributed by atoms with van der Waals surface area (Å²) in [5, 5.41) is 22.9. The predicted molar refractivity (Wildman–Crippen MR) is 129 cm³/mol. The molecule has 3 aromatic carbocycles. The van der Waals surface area contributed by atoms with Gasteiger partial charge in [0.2, 0.25) is 0 Å². The van der Waals surface area contributed by atoms with Crippen LogP contribution >= 0.6 is 15.9 Å². The predicted octanol–water partition coefficient (Wildman–Crippen LogP) is 3.99. The van der Waals surface area contributed by atoms with Gasteiger partial charge in [-0.15, -0.1) is 0 Å². The van der Waals surface area contributed by atoms with E-state index in [2.05, 4.69) is 38.7 Å². The molecule has 34 heavy (non-hydrogen) atoms. The van der Waals surface area contributed by atoms with Crippen molar-refractivity contribution in [3.63, 3.8) is 0 Å². The Hall–Kier alpha value is -3.69. The number of aliphatic carboxylic acids is 1. The first kappa shape index (κ1) is 23.5. The molecule has 4 rings (SSSR count). The highest BCUT2D eigenvalue weighted by atomic mass is 79.9. The molecule has 0 saturated carbocycles. The van der Waals surface area contributed by atoms with Gasteiger partial charge in [0.15, 0.2) is 6.04 Å². The molecule has 0 radical (unpaired) electrons. The van der Waals surface area contributed by atoms with Gasteiger partial charge >= 0.3 is 12.1 Å². The summed E-state index contributed by atoms with van der Waals surface area (Å²) in [6.07, 6.45) is -0.647. The Morgan fingerprint density at radius 1 is 0.971 bits per heavy atom. The highest BCUT2D eigenvalue weighted by Gasteiger charge is 2.29. The number of carboxylic acid groups (broad SMARTS) is 1. The van der Waals surface area contributed by atoms with E-state index in [-0.39, 0.29) is 18.1 Å². The molecule has 2 amide bonds. The Balaban J connectivity index is 1.40. The topological polar surface area (TPSA) is 125 Å². The lowest BCUT2D eigenvalue weighted by Gasteiger charge is -2.15. The summed E-state index contributed by atoms with van der Waals surface area (Å²) in [6, 6.07) is 19.0. The fourth-order valence-electron chi connectivity index (χ4n) is 3.93. The Morgan fingerprint density at radius 2 is 1.59 bits per heavy atom. The number of rotatable bonds is 7. The molecule has 4 N–H and O–H groups in total. The summed E-state index contributed by atoms with van der Waals surface area (Å²) in [5.74, 6) is -2.08. The molecule has 0 aromatic heterocycles. The lowest BCUT2D eigenvalue weighted by Crippen LogP contribution is -2.43. The van der Waals surface area contributed by atoms with Crippen molar-refractivity contribution in [3.05, 3.63) is 87.9 Å². The molecule has 0 aliphatic heterocycles. The number of benzene rings is 3. The number of hydrogen-bond donors (Lipinski definition) is 4. The van der Waals surface area contributed by atoms with Crippen molar-refractivity contribution < 1.29 is 29.3 Å². The molecule has 1 atom stereocenters. The van der Waals surface area contributed by atoms with Gasteiger partial charge in [-0.25, -0.2) is 9.59 Å². The lowest BCUT2D eigenvalue weighted by molar-refractivity contribution is -0.140. The molecule has 174 valence electrons. The average Bonchev–Trinajstić information content (AvgIpc) is 3.16. The molecule has 1 aliphatic carbocycles. The number of aliphatic hydroxyl groups excluding tert-OH is 1. The molecular weight excluding hydrogens is 504 g/mol. The number of aliphatic hydroxyl groups is 1. The normalized spacial score (nSPS) is 12.9. The monoisotopic (exact) mass is 524 g/mol. The number of carbonyl (C=O) groups is 3. The first-order valence-corrected chi connectivity index (χ1v) is 11.2. The van der Waals surface area contributed by atoms with Crippen LogP contribution in [-0.2, 0) is 9.53 Å². The quantitative estimate of drug-likeness (QED) is 0.370. The first-order valence-electron chi connectivity index (χ1n) is 10.4. The zero-order chi connectivity index (χ0) is 24.2. The summed E-state index contributed by atoms with van der Waals surface area (Å²) in [6.45, 7) is -0.570. The van der Waals surface area contributed by atoms with Crippen LogP contribution in [-0.4, -0.2) is 47.4 Å². The Labute approximate surface area is 203 Å². The van der Waals surface area contributed by atoms with Crippen molar-refractivity contribution >= 4 is 39.6 Å². The summed E-state index contributed by atoms with van der Waals surface area (Å²) < 4.78 is 5.93. The zero-order valence-corrected chi connectivity index (χ0v) is 19.4. The van der Waals surface area contributed by atoms with E-state index in [9.17, 15) is 14.4 Å². The maximum absolute atomic E-state index is 12.5. The number of halogens is 1. The highest BCUT2D eigenvalue weighted by Crippen LogP contribution is 2.44. The van der Waals surface area contributed by atoms with Gasteiger partial charge in [0.05, 0.1) is 12.3 Å². The molecule has 0 spiro atoms. The number of nitrogens with one attached hydrogen (secondary N) is 2. The maximum Gasteiger partial charge on any atom is 0.411 e. The second-order valence-corrected chi connectivity index (χ2v) is 8.55. The van der Waals surface area contributed by atoms with Crippen molar-refractivity contribution in [2.45, 2.75) is 12.0 Å². The van der Waals surface area contributed by atoms with E-state index in [1.165, 1.54) is 18.2 Å². The summed E-state index contributed by atoms with van der Waals surface area (Å²) >= 11 is 3.30. The van der Waals surface area contributed by atoms with Gasteiger partial charge in [-0.1, -0.05) is 48.5 Å². The molecule has 0 fully saturated rings. The van der Waals surface area contributed by atoms with Gasteiger partial charge in [0.25, 0.3) is 5.91 Å². The van der Waals surface area contributed by atoms with Gasteiger partial charge in [-0.3, -0.25) is 10.1 Å². The fraction of sp³-hybridized carbons (Fsp3) is 0.160. The van der Waals surface area contributed by atoms with Gasteiger partial charge in [0.1, 0.15) is 6.61 Å². The average molecular weight is 525 g/mol. The third kappa shape index (κ3) is 4.80. The molecule has 0 bridgehead atoms. The number of hydrogen-bond acceptors (Lipinski definition) is 5. The van der Waals surface area contributed by atoms with E-state index >= 15 is 0 Å². The van der Waals surface area contributed by atoms with Gasteiger partial charge in [-0.2, -0.15) is 0 Å². The zero-order valence-electron chi connectivity index (χ0n) is 17.8. The smallest absolute Gasteiger partial charge is 0.411 e. The van der Waals surface area contributed by atoms with Crippen molar-refractivity contribution in [1.82, 2.24) is 5.32 Å². The molecule has 3 aromatic rings. The van der Waals surface area contributed by atoms with Crippen LogP contribution in [0.1, 0.15) is 27.4 Å². The van der Waals surface area contributed by atoms with Gasteiger partial charge in [-0.05, 0) is 56.4 Å². The van der Waals surface area contributed by atoms with Gasteiger partial charge in [0, 0.05) is 16.0 Å². The molecule has 8 nitrogen and oxygen atoms in total. The SMILES string of the molecule is O=C(Nc1ccc(C(=O)N[C@@H](CO)C(=O)O)cc1Br)OCC1c2ccccc2-c2ccccc21. The van der Waals surface area contributed by atoms with E-state index in [0.717, 1.165) is 22.3 Å². The summed E-state index contributed by atoms with van der Waals surface area (Å²) in [4.78, 5) is 35.7. The van der Waals surface area contributed by atoms with Crippen molar-refractivity contribution in [1.29, 1.82) is 0 Å². The minimum atomic E-state index is -1.41. The van der Waals surface area contributed by atoms with E-state index in [1.54, 1.807) is 0 Å². The summed E-state index contributed by atoms with van der Waals surface area (Å²) in [5.41, 5.74) is 5.02. The van der Waals surface area contributed by atoms with Crippen LogP contribution in [0.5, 0.6) is 0 Å². The van der Waals surface area contributed by atoms with Crippen molar-refractivity contribution in [2.24, 2.45) is 0 Å². The largest absolute Gasteiger partial charge is 0.480 e. The second-order valence-electron chi connectivity index (χ2n) is 7.69. The number of anilines is 1. The van der Waals surface area contributed by atoms with E-state index < -0.39 is 30.6 Å². The number of ether oxygens (including phenoxy) is 1. The highest BCUT2D eigenvalue weighted by molar-refractivity contribution is 9.10. The number of carbonyl (C=O) groups excluding carboxylic acids is 2. The van der Waals surface area contributed by atoms with Crippen molar-refractivity contribution in [3.8, 4) is 11.1 Å². The second kappa shape index (κ2) is 10.1. The van der Waals surface area contributed by atoms with E-state index in [4.69, 9.17) is 14.9 Å². The Morgan fingerprint density at radius 3 is 2.15 bits per heavy atom. The van der Waals surface area contributed by atoms with E-state index in [1.807, 2.05) is 36.4 Å². The Bertz CT molecular complexity index is 1220. The van der Waals surface area contributed by atoms with Gasteiger partial charge < -0.3 is 20.3 Å². The summed E-state index contributed by atoms with van der Waals surface area (Å²) in [7, 11) is 0. The number of amides is 2. The fourth-order valence-corrected chi connectivity index (χ4v) is 4.41. The van der Waals surface area contributed by atoms with Crippen LogP contribution in [0.2, 0.25) is 0 Å². The maximum atomic E-state index is 12.5. The molecule has 0 unspecified atom stereocenters. The van der Waals surface area contributed by atoms with Crippen LogP contribution < -0.4 is 10.6 Å². The van der Waals surface area contributed by atoms with Crippen LogP contribution in [0.15, 0.2) is 71.2 Å². The van der Waals surface area contributed by atoms with Crippen LogP contribution in [0.3, 0.4) is 0 Å². The molecule has 0 saturated heterocycles. The van der Waals surface area contributed by atoms with Crippen molar-refractivity contribution in [2.75, 3.05) is 18.5 Å². The standard InChI is InChI=1S/C25H21BrN2O6/c26-20-11-14(23(30)27-22(12-29)24(31)32)9-10-21(20)28-25(33)34-13-19-17-7-3-1-5-15(17)16-6-2-4-8-18(16)19/h1-11,19,22,29H,12-13H2,(H,27,30)(H,28,33)(H,31,32)/t22-/m0/s1. The number of carboxylic acids is 1. The van der Waals surface area contributed by atoms with Crippen LogP contribution in [0.25, 0.3) is 11.1 Å². The lowest BCUT2D eigenvalue weighted by atomic mass is 9.98. The van der Waals surface area contributed by atoms with E-state index in [0.29, 0.717) is 10.2 Å². The molecule has 9 heteroatoms. The first-order chi connectivity index (χ1) is 16.4. The number of fused-ring (bicyclic) bond motifs is 3. The minimum Gasteiger partial charge on any atom is -0.480 e. The molecular formula is C25H21BrN2O6. The third-order valence-corrected chi connectivity index (χ3v) is 6.25. The molecule has 1 aliphatic rings. The minimum absolute atomic E-state index is 0.0682. The van der Waals surface area contributed by atoms with Crippen LogP contribution in [0, 0.1) is 0 Å². The van der Waals surface area contributed by atoms with Crippen LogP contribution in [0.4, 0.5) is 10.5 Å². The Kier molecular flexibility index (Phi) is 6.95. The third-order valence-electron chi connectivity index (χ3n) is 5.60.